The molecule has 2 rings (SSSR count). The molecule has 0 fully saturated rings. The molecule has 0 spiro atoms. The van der Waals surface area contributed by atoms with Crippen molar-refractivity contribution in [2.24, 2.45) is 5.92 Å². The second-order valence-corrected chi connectivity index (χ2v) is 7.12. The van der Waals surface area contributed by atoms with Crippen LogP contribution in [0.4, 0.5) is 0 Å². The van der Waals surface area contributed by atoms with Crippen LogP contribution in [0, 0.1) is 5.92 Å². The van der Waals surface area contributed by atoms with Gasteiger partial charge in [-0.15, -0.1) is 0 Å². The highest BCUT2D eigenvalue weighted by molar-refractivity contribution is 7.87. The zero-order chi connectivity index (χ0) is 14.6. The number of hydrogen-bond donors (Lipinski definition) is 2. The van der Waals surface area contributed by atoms with Crippen molar-refractivity contribution < 1.29 is 8.42 Å². The molecule has 1 atom stereocenters. The lowest BCUT2D eigenvalue weighted by Gasteiger charge is -2.28. The van der Waals surface area contributed by atoms with E-state index in [4.69, 9.17) is 0 Å². The first-order valence-electron chi connectivity index (χ1n) is 6.99. The monoisotopic (exact) mass is 297 g/mol. The smallest absolute Gasteiger partial charge is 0.279 e. The number of hydrogen-bond acceptors (Lipinski definition) is 3. The van der Waals surface area contributed by atoms with E-state index in [0.717, 1.165) is 18.5 Å². The Morgan fingerprint density at radius 3 is 2.65 bits per heavy atom. The van der Waals surface area contributed by atoms with Crippen LogP contribution in [0.1, 0.15) is 18.1 Å². The van der Waals surface area contributed by atoms with Crippen LogP contribution in [0.3, 0.4) is 0 Å². The fourth-order valence-electron chi connectivity index (χ4n) is 2.43. The molecular weight excluding hydrogens is 274 g/mol. The van der Waals surface area contributed by atoms with Crippen molar-refractivity contribution in [1.82, 2.24) is 14.3 Å². The predicted molar refractivity (Wildman–Crippen MR) is 80.6 cm³/mol. The fourth-order valence-corrected chi connectivity index (χ4v) is 3.75. The molecule has 0 aliphatic carbocycles. The quantitative estimate of drug-likeness (QED) is 0.814. The lowest BCUT2D eigenvalue weighted by atomic mass is 10.0. The Morgan fingerprint density at radius 2 is 1.95 bits per heavy atom. The van der Waals surface area contributed by atoms with Crippen molar-refractivity contribution in [2.75, 3.05) is 26.7 Å². The Morgan fingerprint density at radius 1 is 1.25 bits per heavy atom. The lowest BCUT2D eigenvalue weighted by molar-refractivity contribution is 0.380. The number of nitrogens with zero attached hydrogens (tertiary/aromatic N) is 1. The topological polar surface area (TPSA) is 61.4 Å². The van der Waals surface area contributed by atoms with Gasteiger partial charge in [0.1, 0.15) is 0 Å². The Hall–Kier alpha value is -0.950. The zero-order valence-electron chi connectivity index (χ0n) is 12.1. The molecule has 2 N–H and O–H groups in total. The summed E-state index contributed by atoms with van der Waals surface area (Å²) in [6.07, 6.45) is 0.781. The van der Waals surface area contributed by atoms with Gasteiger partial charge in [-0.3, -0.25) is 0 Å². The van der Waals surface area contributed by atoms with Gasteiger partial charge in [0, 0.05) is 19.6 Å². The number of benzene rings is 1. The van der Waals surface area contributed by atoms with E-state index >= 15 is 0 Å². The van der Waals surface area contributed by atoms with Crippen molar-refractivity contribution in [3.8, 4) is 0 Å². The first kappa shape index (κ1) is 15.4. The molecule has 5 nitrogen and oxygen atoms in total. The van der Waals surface area contributed by atoms with Gasteiger partial charge in [0.25, 0.3) is 10.2 Å². The Labute approximate surface area is 121 Å². The number of fused-ring (bicyclic) bond motifs is 1. The fraction of sp³-hybridized carbons (Fsp3) is 0.571. The van der Waals surface area contributed by atoms with Crippen molar-refractivity contribution in [2.45, 2.75) is 19.9 Å². The molecule has 1 aromatic carbocycles. The second-order valence-electron chi connectivity index (χ2n) is 5.37. The summed E-state index contributed by atoms with van der Waals surface area (Å²) < 4.78 is 28.8. The highest BCUT2D eigenvalue weighted by Crippen LogP contribution is 2.20. The second kappa shape index (κ2) is 6.67. The highest BCUT2D eigenvalue weighted by Gasteiger charge is 2.26. The van der Waals surface area contributed by atoms with Crippen LogP contribution in [0.25, 0.3) is 0 Å². The van der Waals surface area contributed by atoms with Gasteiger partial charge in [0.15, 0.2) is 0 Å². The summed E-state index contributed by atoms with van der Waals surface area (Å²) in [7, 11) is -1.52. The Balaban J connectivity index is 1.98. The lowest BCUT2D eigenvalue weighted by Crippen LogP contribution is -2.45. The maximum Gasteiger partial charge on any atom is 0.279 e. The van der Waals surface area contributed by atoms with Crippen LogP contribution >= 0.6 is 0 Å². The summed E-state index contributed by atoms with van der Waals surface area (Å²) in [4.78, 5) is 0. The van der Waals surface area contributed by atoms with E-state index < -0.39 is 10.2 Å². The van der Waals surface area contributed by atoms with Gasteiger partial charge in [0.2, 0.25) is 0 Å². The molecule has 1 aromatic rings. The molecule has 6 heteroatoms. The minimum absolute atomic E-state index is 0.270. The normalized spacial score (nSPS) is 17.7. The molecule has 0 bridgehead atoms. The molecule has 112 valence electrons. The molecular formula is C14H23N3O2S. The molecule has 1 unspecified atom stereocenters. The van der Waals surface area contributed by atoms with Gasteiger partial charge >= 0.3 is 0 Å². The first-order valence-corrected chi connectivity index (χ1v) is 8.43. The summed E-state index contributed by atoms with van der Waals surface area (Å²) in [6.45, 7) is 4.29. The highest BCUT2D eigenvalue weighted by atomic mass is 32.2. The van der Waals surface area contributed by atoms with E-state index in [1.807, 2.05) is 32.2 Å². The van der Waals surface area contributed by atoms with Gasteiger partial charge in [-0.05, 0) is 37.1 Å². The van der Waals surface area contributed by atoms with Gasteiger partial charge in [0.05, 0.1) is 0 Å². The molecule has 1 aliphatic rings. The average Bonchev–Trinajstić information content (AvgIpc) is 2.45. The SMILES string of the molecule is CNCC(C)CNS(=O)(=O)N1CCc2ccccc2C1. The maximum absolute atomic E-state index is 12.3. The number of nitrogens with one attached hydrogen (secondary N) is 2. The molecule has 0 radical (unpaired) electrons. The maximum atomic E-state index is 12.3. The first-order chi connectivity index (χ1) is 9.53. The van der Waals surface area contributed by atoms with E-state index in [-0.39, 0.29) is 5.92 Å². The van der Waals surface area contributed by atoms with Gasteiger partial charge in [-0.25, -0.2) is 4.72 Å². The van der Waals surface area contributed by atoms with Crippen molar-refractivity contribution in [3.63, 3.8) is 0 Å². The number of rotatable bonds is 6. The minimum atomic E-state index is -3.38. The van der Waals surface area contributed by atoms with E-state index in [0.29, 0.717) is 19.6 Å². The molecule has 1 aliphatic heterocycles. The average molecular weight is 297 g/mol. The van der Waals surface area contributed by atoms with Crippen molar-refractivity contribution in [1.29, 1.82) is 0 Å². The van der Waals surface area contributed by atoms with Crippen LogP contribution in [0.5, 0.6) is 0 Å². The van der Waals surface area contributed by atoms with E-state index in [1.54, 1.807) is 0 Å². The van der Waals surface area contributed by atoms with Crippen LogP contribution in [0.2, 0.25) is 0 Å². The molecule has 0 saturated heterocycles. The third-order valence-electron chi connectivity index (χ3n) is 3.60. The Kier molecular flexibility index (Phi) is 5.15. The summed E-state index contributed by atoms with van der Waals surface area (Å²) >= 11 is 0. The third kappa shape index (κ3) is 3.79. The van der Waals surface area contributed by atoms with Crippen LogP contribution in [0.15, 0.2) is 24.3 Å². The molecule has 1 heterocycles. The summed E-state index contributed by atoms with van der Waals surface area (Å²) in [5, 5.41) is 3.05. The third-order valence-corrected chi connectivity index (χ3v) is 5.13. The van der Waals surface area contributed by atoms with Crippen LogP contribution in [-0.4, -0.2) is 39.4 Å². The molecule has 0 aromatic heterocycles. The molecule has 0 amide bonds. The molecule has 20 heavy (non-hydrogen) atoms. The van der Waals surface area contributed by atoms with Crippen LogP contribution in [-0.2, 0) is 23.2 Å². The van der Waals surface area contributed by atoms with Crippen molar-refractivity contribution in [3.05, 3.63) is 35.4 Å². The van der Waals surface area contributed by atoms with E-state index in [9.17, 15) is 8.42 Å². The summed E-state index contributed by atoms with van der Waals surface area (Å²) in [6, 6.07) is 8.03. The van der Waals surface area contributed by atoms with E-state index in [2.05, 4.69) is 16.1 Å². The minimum Gasteiger partial charge on any atom is -0.319 e. The largest absolute Gasteiger partial charge is 0.319 e. The van der Waals surface area contributed by atoms with Gasteiger partial charge in [-0.2, -0.15) is 12.7 Å². The Bertz CT molecular complexity index is 545. The van der Waals surface area contributed by atoms with Crippen molar-refractivity contribution >= 4 is 10.2 Å². The predicted octanol–water partition coefficient (Wildman–Crippen LogP) is 0.735. The van der Waals surface area contributed by atoms with Gasteiger partial charge < -0.3 is 5.32 Å². The molecule has 0 saturated carbocycles. The van der Waals surface area contributed by atoms with Gasteiger partial charge in [-0.1, -0.05) is 31.2 Å². The van der Waals surface area contributed by atoms with Crippen LogP contribution < -0.4 is 10.0 Å². The summed E-state index contributed by atoms with van der Waals surface area (Å²) in [5.41, 5.74) is 2.36. The zero-order valence-corrected chi connectivity index (χ0v) is 12.9. The van der Waals surface area contributed by atoms with E-state index in [1.165, 1.54) is 9.87 Å². The standard InChI is InChI=1S/C14H23N3O2S/c1-12(9-15-2)10-16-20(18,19)17-8-7-13-5-3-4-6-14(13)11-17/h3-6,12,15-16H,7-11H2,1-2H3. The summed E-state index contributed by atoms with van der Waals surface area (Å²) in [5.74, 6) is 0.270.